The van der Waals surface area contributed by atoms with Crippen molar-refractivity contribution in [3.63, 3.8) is 0 Å². The van der Waals surface area contributed by atoms with Crippen LogP contribution in [-0.2, 0) is 42.6 Å². The zero-order valence-electron chi connectivity index (χ0n) is 31.8. The normalized spacial score (nSPS) is 39.3. The van der Waals surface area contributed by atoms with Gasteiger partial charge in [0.15, 0.2) is 25.2 Å². The summed E-state index contributed by atoms with van der Waals surface area (Å²) >= 11 is 0. The van der Waals surface area contributed by atoms with Crippen LogP contribution < -0.4 is 11.1 Å². The molecule has 0 bridgehead atoms. The van der Waals surface area contributed by atoms with Gasteiger partial charge in [0.1, 0.15) is 85.5 Å². The van der Waals surface area contributed by atoms with Crippen molar-refractivity contribution in [3.05, 3.63) is 0 Å². The third-order valence-corrected chi connectivity index (χ3v) is 8.96. The molecule has 18 atom stereocenters. The Morgan fingerprint density at radius 1 is 0.636 bits per heavy atom. The van der Waals surface area contributed by atoms with E-state index in [1.807, 2.05) is 0 Å². The highest BCUT2D eigenvalue weighted by Gasteiger charge is 2.49. The van der Waals surface area contributed by atoms with Crippen molar-refractivity contribution < 1.29 is 98.8 Å². The maximum Gasteiger partial charge on any atom is 0.186 e. The van der Waals surface area contributed by atoms with Crippen molar-refractivity contribution in [2.75, 3.05) is 52.7 Å². The fraction of sp³-hybridized carbons (Fsp3) is 1.00. The van der Waals surface area contributed by atoms with Crippen LogP contribution in [-0.4, -0.2) is 231 Å². The molecule has 0 saturated carbocycles. The topological polar surface area (TPSA) is 344 Å². The molecule has 0 aliphatic carbocycles. The number of hydrogen-bond acceptors (Lipinski definition) is 22. The average Bonchev–Trinajstić information content (AvgIpc) is 3.13. The largest absolute Gasteiger partial charge is 0.394 e. The van der Waals surface area contributed by atoms with E-state index in [4.69, 9.17) is 48.4 Å². The van der Waals surface area contributed by atoms with Crippen LogP contribution in [0.4, 0.5) is 0 Å². The second kappa shape index (κ2) is 22.5. The number of aliphatic hydroxyl groups is 11. The Morgan fingerprint density at radius 2 is 1.07 bits per heavy atom. The molecular weight excluding hydrogens is 744 g/mol. The Hall–Kier alpha value is -0.880. The Kier molecular flexibility index (Phi) is 19.8. The SMILES string of the molecule is CC(C)OC(CNCCN)OC(COC1OC(COC2OC(COC3OC(COC(C)(C)C)C(O)C(O)C3O)C(O)C(O)C2O)C(O)C(O)C1O)C(O)CO. The Morgan fingerprint density at radius 3 is 1.47 bits per heavy atom. The highest BCUT2D eigenvalue weighted by atomic mass is 16.8. The van der Waals surface area contributed by atoms with E-state index in [0.717, 1.165) is 0 Å². The van der Waals surface area contributed by atoms with Gasteiger partial charge in [-0.1, -0.05) is 0 Å². The molecule has 3 aliphatic heterocycles. The zero-order chi connectivity index (χ0) is 41.2. The Labute approximate surface area is 319 Å². The molecule has 3 saturated heterocycles. The average molecular weight is 809 g/mol. The van der Waals surface area contributed by atoms with E-state index in [9.17, 15) is 56.2 Å². The van der Waals surface area contributed by atoms with Gasteiger partial charge >= 0.3 is 0 Å². The minimum absolute atomic E-state index is 0.162. The molecule has 3 rings (SSSR count). The molecule has 0 spiro atoms. The third kappa shape index (κ3) is 14.1. The first kappa shape index (κ1) is 48.5. The highest BCUT2D eigenvalue weighted by molar-refractivity contribution is 4.93. The van der Waals surface area contributed by atoms with Gasteiger partial charge in [-0.25, -0.2) is 0 Å². The number of nitrogens with two attached hydrogens (primary N) is 1. The summed E-state index contributed by atoms with van der Waals surface area (Å²) < 4.78 is 50.9. The lowest BCUT2D eigenvalue weighted by molar-refractivity contribution is -0.345. The van der Waals surface area contributed by atoms with E-state index in [1.165, 1.54) is 0 Å². The molecule has 0 aromatic heterocycles. The van der Waals surface area contributed by atoms with Crippen LogP contribution in [0.5, 0.6) is 0 Å². The molecule has 3 fully saturated rings. The standard InChI is InChI=1S/C33H64N2O20/c1-14(2)51-20(8-35-7-6-34)52-16(15(37)9-36)10-47-30-27(44)24(41)21(38)17(53-30)11-48-31-28(45)25(42)22(39)18(54-31)12-49-32-29(46)26(43)23(40)19(55-32)13-50-33(3,4)5/h14-32,35-46H,6-13,34H2,1-5H3. The van der Waals surface area contributed by atoms with E-state index < -0.39 is 143 Å². The second-order valence-corrected chi connectivity index (χ2v) is 15.0. The van der Waals surface area contributed by atoms with Crippen molar-refractivity contribution in [1.29, 1.82) is 0 Å². The lowest BCUT2D eigenvalue weighted by Crippen LogP contribution is -2.63. The first-order chi connectivity index (χ1) is 25.8. The van der Waals surface area contributed by atoms with Crippen molar-refractivity contribution in [3.8, 4) is 0 Å². The van der Waals surface area contributed by atoms with Gasteiger partial charge in [0.05, 0.1) is 44.7 Å². The number of hydrogen-bond donors (Lipinski definition) is 13. The number of rotatable bonds is 21. The summed E-state index contributed by atoms with van der Waals surface area (Å²) in [7, 11) is 0. The lowest BCUT2D eigenvalue weighted by Gasteiger charge is -2.44. The fourth-order valence-electron chi connectivity index (χ4n) is 5.78. The van der Waals surface area contributed by atoms with Crippen LogP contribution in [0.2, 0.25) is 0 Å². The monoisotopic (exact) mass is 808 g/mol. The molecule has 14 N–H and O–H groups in total. The van der Waals surface area contributed by atoms with Crippen LogP contribution in [0.25, 0.3) is 0 Å². The molecule has 326 valence electrons. The zero-order valence-corrected chi connectivity index (χ0v) is 31.8. The van der Waals surface area contributed by atoms with Crippen LogP contribution in [0.15, 0.2) is 0 Å². The number of nitrogens with one attached hydrogen (secondary N) is 1. The van der Waals surface area contributed by atoms with E-state index in [2.05, 4.69) is 5.32 Å². The number of ether oxygens (including phenoxy) is 9. The molecule has 0 amide bonds. The first-order valence-corrected chi connectivity index (χ1v) is 18.4. The molecule has 22 nitrogen and oxygen atoms in total. The summed E-state index contributed by atoms with van der Waals surface area (Å²) in [5, 5.41) is 118. The minimum atomic E-state index is -1.85. The van der Waals surface area contributed by atoms with Crippen LogP contribution in [0, 0.1) is 0 Å². The first-order valence-electron chi connectivity index (χ1n) is 18.4. The van der Waals surface area contributed by atoms with E-state index in [1.54, 1.807) is 34.6 Å². The molecule has 3 heterocycles. The van der Waals surface area contributed by atoms with Crippen molar-refractivity contribution >= 4 is 0 Å². The molecule has 3 aliphatic rings. The van der Waals surface area contributed by atoms with E-state index in [0.29, 0.717) is 13.1 Å². The summed E-state index contributed by atoms with van der Waals surface area (Å²) in [5.74, 6) is 0. The Bertz CT molecular complexity index is 1080. The molecule has 22 heteroatoms. The predicted molar refractivity (Wildman–Crippen MR) is 184 cm³/mol. The summed E-state index contributed by atoms with van der Waals surface area (Å²) in [6.07, 6.45) is -28.5. The summed E-state index contributed by atoms with van der Waals surface area (Å²) in [4.78, 5) is 0. The van der Waals surface area contributed by atoms with Crippen LogP contribution >= 0.6 is 0 Å². The van der Waals surface area contributed by atoms with Gasteiger partial charge in [0.25, 0.3) is 0 Å². The quantitative estimate of drug-likeness (QED) is 0.0379. The molecule has 0 aromatic rings. The molecular formula is C33H64N2O20. The van der Waals surface area contributed by atoms with Gasteiger partial charge in [-0.3, -0.25) is 0 Å². The summed E-state index contributed by atoms with van der Waals surface area (Å²) in [6, 6.07) is 0. The maximum absolute atomic E-state index is 10.7. The van der Waals surface area contributed by atoms with Crippen molar-refractivity contribution in [2.45, 2.75) is 157 Å². The second-order valence-electron chi connectivity index (χ2n) is 15.0. The van der Waals surface area contributed by atoms with E-state index in [-0.39, 0.29) is 19.3 Å². The van der Waals surface area contributed by atoms with Crippen molar-refractivity contribution in [2.24, 2.45) is 5.73 Å². The summed E-state index contributed by atoms with van der Waals surface area (Å²) in [6.45, 7) is 7.17. The predicted octanol–water partition coefficient (Wildman–Crippen LogP) is -6.69. The molecule has 0 aromatic carbocycles. The maximum atomic E-state index is 10.7. The summed E-state index contributed by atoms with van der Waals surface area (Å²) in [5.41, 5.74) is 4.91. The highest BCUT2D eigenvalue weighted by Crippen LogP contribution is 2.29. The van der Waals surface area contributed by atoms with Crippen LogP contribution in [0.3, 0.4) is 0 Å². The number of aliphatic hydroxyl groups excluding tert-OH is 11. The van der Waals surface area contributed by atoms with Crippen LogP contribution in [0.1, 0.15) is 34.6 Å². The van der Waals surface area contributed by atoms with Gasteiger partial charge in [0.2, 0.25) is 0 Å². The lowest BCUT2D eigenvalue weighted by atomic mass is 9.98. The van der Waals surface area contributed by atoms with Crippen molar-refractivity contribution in [1.82, 2.24) is 5.32 Å². The molecule has 55 heavy (non-hydrogen) atoms. The van der Waals surface area contributed by atoms with E-state index >= 15 is 0 Å². The van der Waals surface area contributed by atoms with Gasteiger partial charge in [-0.05, 0) is 34.6 Å². The molecule has 18 unspecified atom stereocenters. The third-order valence-electron chi connectivity index (χ3n) is 8.96. The molecule has 0 radical (unpaired) electrons. The van der Waals surface area contributed by atoms with Gasteiger partial charge in [-0.15, -0.1) is 0 Å². The van der Waals surface area contributed by atoms with Gasteiger partial charge in [0, 0.05) is 19.6 Å². The smallest absolute Gasteiger partial charge is 0.186 e. The van der Waals surface area contributed by atoms with Gasteiger partial charge < -0.3 is 110 Å². The Balaban J connectivity index is 1.62. The minimum Gasteiger partial charge on any atom is -0.394 e. The van der Waals surface area contributed by atoms with Gasteiger partial charge in [-0.2, -0.15) is 0 Å². The fourth-order valence-corrected chi connectivity index (χ4v) is 5.78.